The Hall–Kier alpha value is -3.46. The molecule has 0 spiro atoms. The van der Waals surface area contributed by atoms with Crippen molar-refractivity contribution in [3.63, 3.8) is 0 Å². The van der Waals surface area contributed by atoms with Gasteiger partial charge in [0.05, 0.1) is 20.0 Å². The second kappa shape index (κ2) is 8.50. The number of nitrogens with one attached hydrogen (secondary N) is 1. The maximum absolute atomic E-state index is 13.0. The Bertz CT molecular complexity index is 1050. The molecule has 0 unspecified atom stereocenters. The van der Waals surface area contributed by atoms with Gasteiger partial charge in [-0.2, -0.15) is 0 Å². The number of ether oxygens (including phenoxy) is 4. The Balaban J connectivity index is 1.68. The number of esters is 1. The first-order valence-electron chi connectivity index (χ1n) is 9.23. The second-order valence-electron chi connectivity index (χ2n) is 6.21. The molecule has 0 aliphatic carbocycles. The molecule has 0 atom stereocenters. The van der Waals surface area contributed by atoms with Crippen LogP contribution in [0.2, 0.25) is 0 Å². The van der Waals surface area contributed by atoms with Crippen molar-refractivity contribution in [2.24, 2.45) is 0 Å². The smallest absolute Gasteiger partial charge is 0.341 e. The number of methoxy groups -OCH3 is 1. The molecule has 1 N–H and O–H groups in total. The summed E-state index contributed by atoms with van der Waals surface area (Å²) in [5.41, 5.74) is 1.10. The third-order valence-corrected chi connectivity index (χ3v) is 5.27. The van der Waals surface area contributed by atoms with Gasteiger partial charge in [-0.15, -0.1) is 11.3 Å². The van der Waals surface area contributed by atoms with E-state index in [0.717, 1.165) is 0 Å². The van der Waals surface area contributed by atoms with Gasteiger partial charge in [-0.3, -0.25) is 4.79 Å². The van der Waals surface area contributed by atoms with Gasteiger partial charge < -0.3 is 28.7 Å². The molecule has 1 aliphatic heterocycles. The second-order valence-corrected chi connectivity index (χ2v) is 7.09. The summed E-state index contributed by atoms with van der Waals surface area (Å²) in [5.74, 6) is 0.827. The van der Waals surface area contributed by atoms with Gasteiger partial charge in [-0.25, -0.2) is 4.79 Å². The lowest BCUT2D eigenvalue weighted by Crippen LogP contribution is -2.18. The molecule has 9 heteroatoms. The molecule has 30 heavy (non-hydrogen) atoms. The zero-order valence-corrected chi connectivity index (χ0v) is 17.2. The van der Waals surface area contributed by atoms with Crippen molar-refractivity contribution in [3.8, 4) is 28.6 Å². The summed E-state index contributed by atoms with van der Waals surface area (Å²) in [6.45, 7) is 2.71. The molecule has 0 saturated heterocycles. The number of carbonyl (C=O) groups excluding carboxylic acids is 2. The van der Waals surface area contributed by atoms with Crippen molar-refractivity contribution >= 4 is 28.2 Å². The van der Waals surface area contributed by atoms with E-state index in [9.17, 15) is 9.59 Å². The maximum Gasteiger partial charge on any atom is 0.341 e. The summed E-state index contributed by atoms with van der Waals surface area (Å²) < 4.78 is 27.1. The highest BCUT2D eigenvalue weighted by atomic mass is 32.1. The molecule has 3 aromatic rings. The molecule has 1 aliphatic rings. The van der Waals surface area contributed by atoms with Crippen LogP contribution < -0.4 is 19.5 Å². The van der Waals surface area contributed by atoms with Crippen molar-refractivity contribution in [1.29, 1.82) is 0 Å². The Morgan fingerprint density at radius 1 is 1.23 bits per heavy atom. The van der Waals surface area contributed by atoms with Gasteiger partial charge in [-0.1, -0.05) is 0 Å². The highest BCUT2D eigenvalue weighted by Gasteiger charge is 2.26. The molecular formula is C21H19NO7S. The molecule has 156 valence electrons. The minimum atomic E-state index is -0.541. The van der Waals surface area contributed by atoms with Crippen molar-refractivity contribution in [3.05, 3.63) is 47.0 Å². The predicted octanol–water partition coefficient (Wildman–Crippen LogP) is 4.22. The first kappa shape index (κ1) is 19.8. The number of fused-ring (bicyclic) bond motifs is 1. The first-order valence-corrected chi connectivity index (χ1v) is 10.1. The summed E-state index contributed by atoms with van der Waals surface area (Å²) >= 11 is 1.21. The van der Waals surface area contributed by atoms with Crippen LogP contribution in [0.4, 0.5) is 5.00 Å². The van der Waals surface area contributed by atoms with Crippen molar-refractivity contribution in [2.45, 2.75) is 6.92 Å². The van der Waals surface area contributed by atoms with E-state index in [4.69, 9.17) is 23.4 Å². The molecule has 0 fully saturated rings. The summed E-state index contributed by atoms with van der Waals surface area (Å²) in [5, 5.41) is 4.89. The minimum Gasteiger partial charge on any atom is -0.493 e. The number of hydrogen-bond acceptors (Lipinski definition) is 8. The van der Waals surface area contributed by atoms with E-state index in [0.29, 0.717) is 52.4 Å². The van der Waals surface area contributed by atoms with Crippen LogP contribution in [-0.2, 0) is 4.74 Å². The summed E-state index contributed by atoms with van der Waals surface area (Å²) in [4.78, 5) is 25.6. The Morgan fingerprint density at radius 3 is 2.80 bits per heavy atom. The van der Waals surface area contributed by atoms with Gasteiger partial charge in [0.2, 0.25) is 5.75 Å². The number of anilines is 1. The van der Waals surface area contributed by atoms with Crippen molar-refractivity contribution < 1.29 is 33.0 Å². The third kappa shape index (κ3) is 3.71. The van der Waals surface area contributed by atoms with Crippen LogP contribution in [-0.4, -0.2) is 38.8 Å². The Morgan fingerprint density at radius 2 is 2.07 bits per heavy atom. The van der Waals surface area contributed by atoms with E-state index < -0.39 is 11.9 Å². The Kier molecular flexibility index (Phi) is 5.62. The number of benzene rings is 1. The maximum atomic E-state index is 13.0. The zero-order chi connectivity index (χ0) is 21.1. The average molecular weight is 429 g/mol. The number of carbonyl (C=O) groups is 2. The predicted molar refractivity (Wildman–Crippen MR) is 110 cm³/mol. The molecule has 4 rings (SSSR count). The molecular weight excluding hydrogens is 410 g/mol. The van der Waals surface area contributed by atoms with Crippen LogP contribution in [0.1, 0.15) is 27.6 Å². The standard InChI is InChI=1S/C21H19NO7S/c1-3-26-21(24)17-13(14-5-4-6-27-14)11-30-20(17)22-19(23)12-9-15(25-2)18-16(10-12)28-7-8-29-18/h4-6,9-11H,3,7-8H2,1-2H3,(H,22,23). The number of rotatable bonds is 6. The van der Waals surface area contributed by atoms with Crippen LogP contribution in [0.15, 0.2) is 40.3 Å². The SMILES string of the molecule is CCOC(=O)c1c(-c2ccco2)csc1NC(=O)c1cc(OC)c2c(c1)OCCO2. The van der Waals surface area contributed by atoms with Crippen LogP contribution in [0.3, 0.4) is 0 Å². The molecule has 1 aromatic carbocycles. The summed E-state index contributed by atoms with van der Waals surface area (Å²) in [6, 6.07) is 6.61. The fourth-order valence-electron chi connectivity index (χ4n) is 3.05. The molecule has 0 saturated carbocycles. The quantitative estimate of drug-likeness (QED) is 0.586. The lowest BCUT2D eigenvalue weighted by molar-refractivity contribution is 0.0529. The first-order chi connectivity index (χ1) is 14.6. The number of hydrogen-bond donors (Lipinski definition) is 1. The lowest BCUT2D eigenvalue weighted by Gasteiger charge is -2.21. The summed E-state index contributed by atoms with van der Waals surface area (Å²) in [6.07, 6.45) is 1.52. The monoisotopic (exact) mass is 429 g/mol. The molecule has 8 nitrogen and oxygen atoms in total. The molecule has 2 aromatic heterocycles. The molecule has 0 bridgehead atoms. The van der Waals surface area contributed by atoms with E-state index in [1.165, 1.54) is 24.7 Å². The van der Waals surface area contributed by atoms with Crippen LogP contribution in [0.25, 0.3) is 11.3 Å². The largest absolute Gasteiger partial charge is 0.493 e. The minimum absolute atomic E-state index is 0.207. The van der Waals surface area contributed by atoms with Gasteiger partial charge in [0, 0.05) is 16.5 Å². The van der Waals surface area contributed by atoms with Gasteiger partial charge in [-0.05, 0) is 31.2 Å². The van der Waals surface area contributed by atoms with E-state index in [2.05, 4.69) is 5.32 Å². The van der Waals surface area contributed by atoms with Gasteiger partial charge >= 0.3 is 5.97 Å². The molecule has 0 radical (unpaired) electrons. The zero-order valence-electron chi connectivity index (χ0n) is 16.4. The van der Waals surface area contributed by atoms with Crippen LogP contribution >= 0.6 is 11.3 Å². The lowest BCUT2D eigenvalue weighted by atomic mass is 10.1. The van der Waals surface area contributed by atoms with E-state index in [-0.39, 0.29) is 12.2 Å². The highest BCUT2D eigenvalue weighted by Crippen LogP contribution is 2.41. The van der Waals surface area contributed by atoms with Crippen LogP contribution in [0.5, 0.6) is 17.2 Å². The topological polar surface area (TPSA) is 96.2 Å². The fraction of sp³-hybridized carbons (Fsp3) is 0.238. The number of furan rings is 1. The van der Waals surface area contributed by atoms with E-state index >= 15 is 0 Å². The van der Waals surface area contributed by atoms with Crippen LogP contribution in [0, 0.1) is 0 Å². The molecule has 1 amide bonds. The third-order valence-electron chi connectivity index (χ3n) is 4.37. The number of thiophene rings is 1. The normalized spacial score (nSPS) is 12.3. The Labute approximate surface area is 176 Å². The van der Waals surface area contributed by atoms with Crippen molar-refractivity contribution in [2.75, 3.05) is 32.2 Å². The van der Waals surface area contributed by atoms with Crippen molar-refractivity contribution in [1.82, 2.24) is 0 Å². The van der Waals surface area contributed by atoms with E-state index in [1.54, 1.807) is 36.6 Å². The van der Waals surface area contributed by atoms with E-state index in [1.807, 2.05) is 0 Å². The molecule has 3 heterocycles. The van der Waals surface area contributed by atoms with Gasteiger partial charge in [0.1, 0.15) is 29.5 Å². The summed E-state index contributed by atoms with van der Waals surface area (Å²) in [7, 11) is 1.49. The highest BCUT2D eigenvalue weighted by molar-refractivity contribution is 7.15. The number of amides is 1. The fourth-order valence-corrected chi connectivity index (χ4v) is 3.98. The average Bonchev–Trinajstić information content (AvgIpc) is 3.42. The van der Waals surface area contributed by atoms with Gasteiger partial charge in [0.25, 0.3) is 5.91 Å². The van der Waals surface area contributed by atoms with Gasteiger partial charge in [0.15, 0.2) is 11.5 Å².